The van der Waals surface area contributed by atoms with Crippen molar-refractivity contribution < 1.29 is 9.59 Å². The van der Waals surface area contributed by atoms with Gasteiger partial charge in [0.15, 0.2) is 0 Å². The summed E-state index contributed by atoms with van der Waals surface area (Å²) < 4.78 is 0.888. The Kier molecular flexibility index (Phi) is 5.56. The maximum atomic E-state index is 12.9. The summed E-state index contributed by atoms with van der Waals surface area (Å²) in [5, 5.41) is 3.19. The second-order valence-corrected chi connectivity index (χ2v) is 7.49. The Labute approximate surface area is 151 Å². The Morgan fingerprint density at radius 3 is 2.83 bits per heavy atom. The molecule has 130 valence electrons. The number of rotatable bonds is 4. The second kappa shape index (κ2) is 7.66. The topological polar surface area (TPSA) is 52.7 Å². The number of anilines is 1. The van der Waals surface area contributed by atoms with Crippen LogP contribution in [-0.2, 0) is 9.59 Å². The van der Waals surface area contributed by atoms with E-state index in [0.29, 0.717) is 18.9 Å². The van der Waals surface area contributed by atoms with E-state index in [1.165, 1.54) is 0 Å². The predicted octanol–water partition coefficient (Wildman–Crippen LogP) is 2.26. The van der Waals surface area contributed by atoms with Crippen LogP contribution in [0.5, 0.6) is 0 Å². The number of para-hydroxylation sites is 1. The molecule has 0 radical (unpaired) electrons. The lowest BCUT2D eigenvalue weighted by Gasteiger charge is -2.34. The van der Waals surface area contributed by atoms with Crippen molar-refractivity contribution in [3.63, 3.8) is 0 Å². The van der Waals surface area contributed by atoms with Gasteiger partial charge in [-0.1, -0.05) is 12.1 Å². The van der Waals surface area contributed by atoms with E-state index in [1.54, 1.807) is 4.90 Å². The summed E-state index contributed by atoms with van der Waals surface area (Å²) >= 11 is 3.50. The van der Waals surface area contributed by atoms with E-state index in [2.05, 4.69) is 21.2 Å². The van der Waals surface area contributed by atoms with Crippen molar-refractivity contribution in [1.29, 1.82) is 0 Å². The molecule has 5 nitrogen and oxygen atoms in total. The number of hydrogen-bond donors (Lipinski definition) is 1. The number of benzene rings is 1. The van der Waals surface area contributed by atoms with Gasteiger partial charge in [-0.25, -0.2) is 0 Å². The fourth-order valence-electron chi connectivity index (χ4n) is 3.76. The molecule has 24 heavy (non-hydrogen) atoms. The third-order valence-electron chi connectivity index (χ3n) is 4.97. The Morgan fingerprint density at radius 2 is 2.08 bits per heavy atom. The summed E-state index contributed by atoms with van der Waals surface area (Å²) in [5.41, 5.74) is 0.851. The molecule has 0 aromatic heterocycles. The zero-order valence-corrected chi connectivity index (χ0v) is 15.6. The summed E-state index contributed by atoms with van der Waals surface area (Å²) in [7, 11) is 1.94. The number of amides is 2. The molecule has 2 unspecified atom stereocenters. The minimum Gasteiger partial charge on any atom is -0.342 e. The fourth-order valence-corrected chi connectivity index (χ4v) is 4.26. The number of piperidine rings is 1. The highest BCUT2D eigenvalue weighted by Gasteiger charge is 2.40. The molecule has 0 spiro atoms. The minimum atomic E-state index is -0.523. The monoisotopic (exact) mass is 393 g/mol. The zero-order chi connectivity index (χ0) is 17.1. The van der Waals surface area contributed by atoms with Crippen molar-refractivity contribution in [2.24, 2.45) is 11.8 Å². The molecule has 1 aromatic rings. The lowest BCUT2D eigenvalue weighted by molar-refractivity contribution is -0.141. The van der Waals surface area contributed by atoms with Gasteiger partial charge in [0.25, 0.3) is 0 Å². The number of carbonyl (C=O) groups is 2. The molecular weight excluding hydrogens is 370 g/mol. The number of halogens is 1. The first-order valence-electron chi connectivity index (χ1n) is 8.61. The summed E-state index contributed by atoms with van der Waals surface area (Å²) in [6, 6.07) is 7.67. The SMILES string of the molecule is CNCC1CCCN(C(=O)C2CCN(c3ccccc3Br)C2=O)C1. The van der Waals surface area contributed by atoms with Gasteiger partial charge in [-0.3, -0.25) is 9.59 Å². The normalized spacial score (nSPS) is 24.5. The third-order valence-corrected chi connectivity index (χ3v) is 5.64. The molecule has 2 saturated heterocycles. The van der Waals surface area contributed by atoms with Crippen molar-refractivity contribution in [2.45, 2.75) is 19.3 Å². The van der Waals surface area contributed by atoms with E-state index in [1.807, 2.05) is 36.2 Å². The number of likely N-dealkylation sites (tertiary alicyclic amines) is 1. The summed E-state index contributed by atoms with van der Waals surface area (Å²) in [4.78, 5) is 29.3. The maximum Gasteiger partial charge on any atom is 0.239 e. The Balaban J connectivity index is 1.68. The van der Waals surface area contributed by atoms with Crippen LogP contribution in [0.1, 0.15) is 19.3 Å². The standard InChI is InChI=1S/C18H24BrN3O2/c1-20-11-13-5-4-9-21(12-13)17(23)14-8-10-22(18(14)24)16-7-3-2-6-15(16)19/h2-3,6-7,13-14,20H,4-5,8-12H2,1H3. The van der Waals surface area contributed by atoms with Gasteiger partial charge >= 0.3 is 0 Å². The van der Waals surface area contributed by atoms with Gasteiger partial charge in [-0.15, -0.1) is 0 Å². The average molecular weight is 394 g/mol. The first-order chi connectivity index (χ1) is 11.6. The average Bonchev–Trinajstić information content (AvgIpc) is 2.97. The minimum absolute atomic E-state index is 0.00959. The number of nitrogens with one attached hydrogen (secondary N) is 1. The van der Waals surface area contributed by atoms with Crippen molar-refractivity contribution in [2.75, 3.05) is 38.1 Å². The molecule has 2 amide bonds. The van der Waals surface area contributed by atoms with Gasteiger partial charge in [0.1, 0.15) is 5.92 Å². The van der Waals surface area contributed by atoms with Gasteiger partial charge in [0.2, 0.25) is 11.8 Å². The molecular formula is C18H24BrN3O2. The Hall–Kier alpha value is -1.40. The van der Waals surface area contributed by atoms with E-state index in [0.717, 1.165) is 42.6 Å². The first kappa shape index (κ1) is 17.4. The van der Waals surface area contributed by atoms with Crippen LogP contribution in [0.15, 0.2) is 28.7 Å². The molecule has 1 N–H and O–H groups in total. The van der Waals surface area contributed by atoms with Crippen molar-refractivity contribution in [1.82, 2.24) is 10.2 Å². The van der Waals surface area contributed by atoms with Crippen LogP contribution in [-0.4, -0.2) is 49.9 Å². The molecule has 0 saturated carbocycles. The number of carbonyl (C=O) groups excluding carboxylic acids is 2. The highest BCUT2D eigenvalue weighted by molar-refractivity contribution is 9.10. The van der Waals surface area contributed by atoms with Crippen molar-refractivity contribution in [3.8, 4) is 0 Å². The van der Waals surface area contributed by atoms with Gasteiger partial charge in [0.05, 0.1) is 5.69 Å². The molecule has 0 aliphatic carbocycles. The summed E-state index contributed by atoms with van der Waals surface area (Å²) in [5.74, 6) is -0.0907. The van der Waals surface area contributed by atoms with E-state index in [4.69, 9.17) is 0 Å². The van der Waals surface area contributed by atoms with E-state index < -0.39 is 5.92 Å². The Bertz CT molecular complexity index is 620. The van der Waals surface area contributed by atoms with Gasteiger partial charge in [-0.05, 0) is 66.8 Å². The van der Waals surface area contributed by atoms with Gasteiger partial charge in [0, 0.05) is 24.1 Å². The summed E-state index contributed by atoms with van der Waals surface area (Å²) in [6.45, 7) is 3.06. The molecule has 2 fully saturated rings. The summed E-state index contributed by atoms with van der Waals surface area (Å²) in [6.07, 6.45) is 2.77. The maximum absolute atomic E-state index is 12.9. The lowest BCUT2D eigenvalue weighted by atomic mass is 9.96. The molecule has 2 aliphatic heterocycles. The number of hydrogen-bond acceptors (Lipinski definition) is 3. The lowest BCUT2D eigenvalue weighted by Crippen LogP contribution is -2.46. The third kappa shape index (κ3) is 3.49. The predicted molar refractivity (Wildman–Crippen MR) is 97.8 cm³/mol. The van der Waals surface area contributed by atoms with Crippen LogP contribution >= 0.6 is 15.9 Å². The largest absolute Gasteiger partial charge is 0.342 e. The van der Waals surface area contributed by atoms with Crippen LogP contribution in [0.2, 0.25) is 0 Å². The van der Waals surface area contributed by atoms with Crippen molar-refractivity contribution >= 4 is 33.4 Å². The molecule has 1 aromatic carbocycles. The molecule has 0 bridgehead atoms. The highest BCUT2D eigenvalue weighted by atomic mass is 79.9. The molecule has 2 atom stereocenters. The second-order valence-electron chi connectivity index (χ2n) is 6.63. The van der Waals surface area contributed by atoms with E-state index in [9.17, 15) is 9.59 Å². The van der Waals surface area contributed by atoms with Gasteiger partial charge in [-0.2, -0.15) is 0 Å². The highest BCUT2D eigenvalue weighted by Crippen LogP contribution is 2.32. The number of nitrogens with zero attached hydrogens (tertiary/aromatic N) is 2. The molecule has 6 heteroatoms. The molecule has 2 aliphatic rings. The quantitative estimate of drug-likeness (QED) is 0.798. The van der Waals surface area contributed by atoms with E-state index >= 15 is 0 Å². The van der Waals surface area contributed by atoms with Crippen LogP contribution < -0.4 is 10.2 Å². The van der Waals surface area contributed by atoms with E-state index in [-0.39, 0.29) is 11.8 Å². The van der Waals surface area contributed by atoms with Crippen LogP contribution in [0.4, 0.5) is 5.69 Å². The van der Waals surface area contributed by atoms with Crippen LogP contribution in [0.25, 0.3) is 0 Å². The van der Waals surface area contributed by atoms with Gasteiger partial charge < -0.3 is 15.1 Å². The smallest absolute Gasteiger partial charge is 0.239 e. The molecule has 3 rings (SSSR count). The van der Waals surface area contributed by atoms with Crippen LogP contribution in [0, 0.1) is 11.8 Å². The fraction of sp³-hybridized carbons (Fsp3) is 0.556. The van der Waals surface area contributed by atoms with Crippen LogP contribution in [0.3, 0.4) is 0 Å². The van der Waals surface area contributed by atoms with Crippen molar-refractivity contribution in [3.05, 3.63) is 28.7 Å². The molecule has 2 heterocycles. The Morgan fingerprint density at radius 1 is 1.29 bits per heavy atom. The zero-order valence-electron chi connectivity index (χ0n) is 14.0. The first-order valence-corrected chi connectivity index (χ1v) is 9.40.